The molecule has 17 heavy (non-hydrogen) atoms. The normalized spacial score (nSPS) is 22.6. The van der Waals surface area contributed by atoms with E-state index in [1.807, 2.05) is 18.2 Å². The first-order valence-electron chi connectivity index (χ1n) is 6.14. The third kappa shape index (κ3) is 3.93. The first kappa shape index (κ1) is 12.8. The number of benzene rings is 1. The molecule has 1 aliphatic carbocycles. The van der Waals surface area contributed by atoms with Crippen LogP contribution < -0.4 is 5.32 Å². The first-order chi connectivity index (χ1) is 8.25. The van der Waals surface area contributed by atoms with E-state index in [1.54, 1.807) is 0 Å². The van der Waals surface area contributed by atoms with Crippen LogP contribution in [0.1, 0.15) is 32.1 Å². The minimum absolute atomic E-state index is 0.410. The number of allylic oxidation sites excluding steroid dienone is 1. The molecule has 0 aliphatic heterocycles. The van der Waals surface area contributed by atoms with E-state index in [0.29, 0.717) is 16.1 Å². The van der Waals surface area contributed by atoms with Gasteiger partial charge >= 0.3 is 0 Å². The SMILES string of the molecule is Clc1ccc(NC2/C=C\CCCCC2)cc1Cl. The van der Waals surface area contributed by atoms with Crippen molar-refractivity contribution in [2.75, 3.05) is 5.32 Å². The summed E-state index contributed by atoms with van der Waals surface area (Å²) in [6.45, 7) is 0. The smallest absolute Gasteiger partial charge is 0.0612 e. The quantitative estimate of drug-likeness (QED) is 0.719. The summed E-state index contributed by atoms with van der Waals surface area (Å²) in [7, 11) is 0. The van der Waals surface area contributed by atoms with Gasteiger partial charge in [-0.2, -0.15) is 0 Å². The van der Waals surface area contributed by atoms with E-state index in [9.17, 15) is 0 Å². The van der Waals surface area contributed by atoms with Crippen molar-refractivity contribution in [3.63, 3.8) is 0 Å². The lowest BCUT2D eigenvalue weighted by Crippen LogP contribution is -2.17. The zero-order chi connectivity index (χ0) is 12.1. The zero-order valence-electron chi connectivity index (χ0n) is 9.76. The predicted octanol–water partition coefficient (Wildman–Crippen LogP) is 5.29. The summed E-state index contributed by atoms with van der Waals surface area (Å²) < 4.78 is 0. The molecule has 0 bridgehead atoms. The highest BCUT2D eigenvalue weighted by atomic mass is 35.5. The van der Waals surface area contributed by atoms with E-state index in [-0.39, 0.29) is 0 Å². The minimum atomic E-state index is 0.410. The molecule has 1 N–H and O–H groups in total. The molecule has 92 valence electrons. The van der Waals surface area contributed by atoms with Crippen LogP contribution in [0.5, 0.6) is 0 Å². The maximum Gasteiger partial charge on any atom is 0.0612 e. The molecule has 1 aromatic rings. The van der Waals surface area contributed by atoms with Crippen LogP contribution in [-0.4, -0.2) is 6.04 Å². The second-order valence-corrected chi connectivity index (χ2v) is 5.26. The topological polar surface area (TPSA) is 12.0 Å². The second kappa shape index (κ2) is 6.32. The van der Waals surface area contributed by atoms with Crippen molar-refractivity contribution in [3.8, 4) is 0 Å². The van der Waals surface area contributed by atoms with Gasteiger partial charge in [0.15, 0.2) is 0 Å². The van der Waals surface area contributed by atoms with Crippen LogP contribution in [0.25, 0.3) is 0 Å². The average molecular weight is 270 g/mol. The molecule has 2 rings (SSSR count). The van der Waals surface area contributed by atoms with Gasteiger partial charge < -0.3 is 5.32 Å². The Morgan fingerprint density at radius 2 is 1.94 bits per heavy atom. The Morgan fingerprint density at radius 1 is 1.06 bits per heavy atom. The Morgan fingerprint density at radius 3 is 2.76 bits per heavy atom. The summed E-state index contributed by atoms with van der Waals surface area (Å²) in [5, 5.41) is 4.69. The maximum absolute atomic E-state index is 6.00. The number of hydrogen-bond acceptors (Lipinski definition) is 1. The third-order valence-corrected chi connectivity index (χ3v) is 3.77. The molecule has 0 saturated carbocycles. The van der Waals surface area contributed by atoms with Crippen molar-refractivity contribution in [1.29, 1.82) is 0 Å². The molecule has 0 spiro atoms. The minimum Gasteiger partial charge on any atom is -0.379 e. The number of halogens is 2. The van der Waals surface area contributed by atoms with Crippen LogP contribution in [0.15, 0.2) is 30.4 Å². The molecule has 1 nitrogen and oxygen atoms in total. The maximum atomic E-state index is 6.00. The average Bonchev–Trinajstić information content (AvgIpc) is 2.27. The van der Waals surface area contributed by atoms with Gasteiger partial charge in [0.05, 0.1) is 10.0 Å². The predicted molar refractivity (Wildman–Crippen MR) is 76.1 cm³/mol. The molecule has 0 fully saturated rings. The summed E-state index contributed by atoms with van der Waals surface area (Å²) in [5.41, 5.74) is 1.04. The summed E-state index contributed by atoms with van der Waals surface area (Å²) in [6.07, 6.45) is 10.8. The van der Waals surface area contributed by atoms with Gasteiger partial charge in [-0.15, -0.1) is 0 Å². The van der Waals surface area contributed by atoms with E-state index in [0.717, 1.165) is 5.69 Å². The van der Waals surface area contributed by atoms with Crippen LogP contribution in [0.4, 0.5) is 5.69 Å². The van der Waals surface area contributed by atoms with E-state index < -0.39 is 0 Å². The summed E-state index contributed by atoms with van der Waals surface area (Å²) >= 11 is 11.9. The van der Waals surface area contributed by atoms with E-state index in [2.05, 4.69) is 17.5 Å². The Kier molecular flexibility index (Phi) is 4.75. The van der Waals surface area contributed by atoms with Crippen molar-refractivity contribution in [3.05, 3.63) is 40.4 Å². The van der Waals surface area contributed by atoms with Crippen molar-refractivity contribution in [1.82, 2.24) is 0 Å². The molecule has 1 aliphatic rings. The number of anilines is 1. The number of rotatable bonds is 2. The summed E-state index contributed by atoms with van der Waals surface area (Å²) in [5.74, 6) is 0. The van der Waals surface area contributed by atoms with E-state index in [1.165, 1.54) is 32.1 Å². The molecular formula is C14H17Cl2N. The van der Waals surface area contributed by atoms with E-state index in [4.69, 9.17) is 23.2 Å². The van der Waals surface area contributed by atoms with Crippen LogP contribution in [0, 0.1) is 0 Å². The Balaban J connectivity index is 2.03. The standard InChI is InChI=1S/C14H17Cl2N/c15-13-9-8-12(10-14(13)16)17-11-6-4-2-1-3-5-7-11/h4,6,8-11,17H,1-3,5,7H2/b6-4-. The van der Waals surface area contributed by atoms with Gasteiger partial charge in [-0.05, 0) is 37.5 Å². The van der Waals surface area contributed by atoms with Crippen LogP contribution in [0.2, 0.25) is 10.0 Å². The van der Waals surface area contributed by atoms with Gasteiger partial charge in [0, 0.05) is 11.7 Å². The molecule has 1 atom stereocenters. The lowest BCUT2D eigenvalue weighted by molar-refractivity contribution is 0.610. The molecule has 3 heteroatoms. The molecular weight excluding hydrogens is 253 g/mol. The van der Waals surface area contributed by atoms with Gasteiger partial charge in [0.2, 0.25) is 0 Å². The third-order valence-electron chi connectivity index (χ3n) is 3.03. The highest BCUT2D eigenvalue weighted by Gasteiger charge is 2.07. The molecule has 0 saturated heterocycles. The largest absolute Gasteiger partial charge is 0.379 e. The van der Waals surface area contributed by atoms with Gasteiger partial charge in [0.1, 0.15) is 0 Å². The first-order valence-corrected chi connectivity index (χ1v) is 6.89. The Labute approximate surface area is 113 Å². The monoisotopic (exact) mass is 269 g/mol. The summed E-state index contributed by atoms with van der Waals surface area (Å²) in [4.78, 5) is 0. The van der Waals surface area contributed by atoms with Gasteiger partial charge in [-0.25, -0.2) is 0 Å². The second-order valence-electron chi connectivity index (χ2n) is 4.45. The molecule has 0 radical (unpaired) electrons. The highest BCUT2D eigenvalue weighted by Crippen LogP contribution is 2.26. The zero-order valence-corrected chi connectivity index (χ0v) is 11.3. The Bertz CT molecular complexity index is 401. The lowest BCUT2D eigenvalue weighted by Gasteiger charge is -2.18. The van der Waals surface area contributed by atoms with Crippen molar-refractivity contribution in [2.45, 2.75) is 38.1 Å². The van der Waals surface area contributed by atoms with Crippen LogP contribution >= 0.6 is 23.2 Å². The molecule has 0 heterocycles. The number of nitrogens with one attached hydrogen (secondary N) is 1. The van der Waals surface area contributed by atoms with E-state index >= 15 is 0 Å². The van der Waals surface area contributed by atoms with Gasteiger partial charge in [-0.1, -0.05) is 48.2 Å². The van der Waals surface area contributed by atoms with Crippen molar-refractivity contribution >= 4 is 28.9 Å². The molecule has 0 aromatic heterocycles. The lowest BCUT2D eigenvalue weighted by atomic mass is 10.0. The van der Waals surface area contributed by atoms with Crippen molar-refractivity contribution < 1.29 is 0 Å². The molecule has 1 aromatic carbocycles. The highest BCUT2D eigenvalue weighted by molar-refractivity contribution is 6.42. The van der Waals surface area contributed by atoms with Crippen LogP contribution in [-0.2, 0) is 0 Å². The fraction of sp³-hybridized carbons (Fsp3) is 0.429. The van der Waals surface area contributed by atoms with Crippen molar-refractivity contribution in [2.24, 2.45) is 0 Å². The fourth-order valence-corrected chi connectivity index (χ4v) is 2.38. The summed E-state index contributed by atoms with van der Waals surface area (Å²) in [6, 6.07) is 6.10. The van der Waals surface area contributed by atoms with Gasteiger partial charge in [0.25, 0.3) is 0 Å². The Hall–Kier alpha value is -0.660. The fourth-order valence-electron chi connectivity index (χ4n) is 2.08. The number of hydrogen-bond donors (Lipinski definition) is 1. The van der Waals surface area contributed by atoms with Crippen LogP contribution in [0.3, 0.4) is 0 Å². The molecule has 1 unspecified atom stereocenters. The molecule has 0 amide bonds. The van der Waals surface area contributed by atoms with Gasteiger partial charge in [-0.3, -0.25) is 0 Å².